The van der Waals surface area contributed by atoms with Gasteiger partial charge in [0.05, 0.1) is 4.47 Å². The normalized spacial score (nSPS) is 32.5. The van der Waals surface area contributed by atoms with Crippen LogP contribution in [0.5, 0.6) is 0 Å². The van der Waals surface area contributed by atoms with Gasteiger partial charge in [-0.2, -0.15) is 0 Å². The molecular weight excluding hydrogens is 293 g/mol. The second-order valence-electron chi connectivity index (χ2n) is 5.98. The van der Waals surface area contributed by atoms with Crippen molar-refractivity contribution in [3.05, 3.63) is 34.1 Å². The van der Waals surface area contributed by atoms with Crippen molar-refractivity contribution in [2.45, 2.75) is 45.1 Å². The summed E-state index contributed by atoms with van der Waals surface area (Å²) in [6.07, 6.45) is 4.15. The van der Waals surface area contributed by atoms with E-state index in [0.717, 1.165) is 30.7 Å². The highest BCUT2D eigenvalue weighted by atomic mass is 79.9. The Kier molecular flexibility index (Phi) is 4.12. The molecule has 0 saturated heterocycles. The summed E-state index contributed by atoms with van der Waals surface area (Å²) in [6, 6.07) is 5.21. The molecule has 3 unspecified atom stereocenters. The van der Waals surface area contributed by atoms with Crippen LogP contribution in [0.25, 0.3) is 0 Å². The number of nitrogens with two attached hydrogens (primary N) is 1. The van der Waals surface area contributed by atoms with Gasteiger partial charge in [-0.1, -0.05) is 19.9 Å². The zero-order valence-electron chi connectivity index (χ0n) is 11.0. The Labute approximate surface area is 117 Å². The molecule has 3 heteroatoms. The lowest BCUT2D eigenvalue weighted by atomic mass is 9.69. The standard InChI is InChI=1S/C15H21BrFN/c1-10-5-6-15(18,8-11(10)2)9-12-3-4-14(17)13(16)7-12/h3-4,7,10-11H,5-6,8-9,18H2,1-2H3. The van der Waals surface area contributed by atoms with Gasteiger partial charge < -0.3 is 5.73 Å². The van der Waals surface area contributed by atoms with Crippen molar-refractivity contribution in [1.82, 2.24) is 0 Å². The summed E-state index contributed by atoms with van der Waals surface area (Å²) >= 11 is 3.23. The van der Waals surface area contributed by atoms with Gasteiger partial charge in [0.2, 0.25) is 0 Å². The maximum atomic E-state index is 13.2. The van der Waals surface area contributed by atoms with Gasteiger partial charge in [0.15, 0.2) is 0 Å². The van der Waals surface area contributed by atoms with Crippen LogP contribution in [0, 0.1) is 17.7 Å². The Balaban J connectivity index is 2.10. The first kappa shape index (κ1) is 14.0. The van der Waals surface area contributed by atoms with Crippen molar-refractivity contribution in [2.75, 3.05) is 0 Å². The molecule has 1 aromatic carbocycles. The van der Waals surface area contributed by atoms with Crippen molar-refractivity contribution < 1.29 is 4.39 Å². The van der Waals surface area contributed by atoms with Crippen molar-refractivity contribution >= 4 is 15.9 Å². The third kappa shape index (κ3) is 3.12. The fraction of sp³-hybridized carbons (Fsp3) is 0.600. The first-order valence-corrected chi connectivity index (χ1v) is 7.42. The lowest BCUT2D eigenvalue weighted by Crippen LogP contribution is -2.47. The van der Waals surface area contributed by atoms with E-state index in [9.17, 15) is 4.39 Å². The van der Waals surface area contributed by atoms with Crippen molar-refractivity contribution in [3.8, 4) is 0 Å². The Bertz CT molecular complexity index is 435. The van der Waals surface area contributed by atoms with Crippen molar-refractivity contribution in [3.63, 3.8) is 0 Å². The quantitative estimate of drug-likeness (QED) is 0.866. The molecule has 1 fully saturated rings. The van der Waals surface area contributed by atoms with Gasteiger partial charge in [0.1, 0.15) is 5.82 Å². The highest BCUT2D eigenvalue weighted by Gasteiger charge is 2.34. The first-order valence-electron chi connectivity index (χ1n) is 6.62. The lowest BCUT2D eigenvalue weighted by molar-refractivity contribution is 0.176. The van der Waals surface area contributed by atoms with E-state index in [4.69, 9.17) is 5.73 Å². The average molecular weight is 314 g/mol. The Morgan fingerprint density at radius 2 is 2.11 bits per heavy atom. The second-order valence-corrected chi connectivity index (χ2v) is 6.84. The van der Waals surface area contributed by atoms with Crippen LogP contribution < -0.4 is 5.73 Å². The van der Waals surface area contributed by atoms with Crippen LogP contribution in [-0.2, 0) is 6.42 Å². The monoisotopic (exact) mass is 313 g/mol. The summed E-state index contributed by atoms with van der Waals surface area (Å²) in [7, 11) is 0. The fourth-order valence-corrected chi connectivity index (χ4v) is 3.39. The Morgan fingerprint density at radius 1 is 1.39 bits per heavy atom. The number of hydrogen-bond donors (Lipinski definition) is 1. The molecule has 1 aromatic rings. The minimum absolute atomic E-state index is 0.122. The van der Waals surface area contributed by atoms with Gasteiger partial charge in [-0.15, -0.1) is 0 Å². The molecule has 0 radical (unpaired) electrons. The van der Waals surface area contributed by atoms with Crippen LogP contribution in [0.2, 0.25) is 0 Å². The smallest absolute Gasteiger partial charge is 0.137 e. The molecule has 0 heterocycles. The van der Waals surface area contributed by atoms with Crippen molar-refractivity contribution in [1.29, 1.82) is 0 Å². The van der Waals surface area contributed by atoms with Crippen molar-refractivity contribution in [2.24, 2.45) is 17.6 Å². The molecular formula is C15H21BrFN. The fourth-order valence-electron chi connectivity index (χ4n) is 2.96. The number of halogens is 2. The average Bonchev–Trinajstić information content (AvgIpc) is 2.29. The van der Waals surface area contributed by atoms with Crippen LogP contribution >= 0.6 is 15.9 Å². The molecule has 3 atom stereocenters. The summed E-state index contributed by atoms with van der Waals surface area (Å²) < 4.78 is 13.7. The zero-order chi connectivity index (χ0) is 13.3. The zero-order valence-corrected chi connectivity index (χ0v) is 12.6. The number of rotatable bonds is 2. The summed E-state index contributed by atoms with van der Waals surface area (Å²) in [4.78, 5) is 0. The van der Waals surface area contributed by atoms with Crippen LogP contribution in [0.15, 0.2) is 22.7 Å². The summed E-state index contributed by atoms with van der Waals surface area (Å²) in [5, 5.41) is 0. The minimum atomic E-state index is -0.213. The molecule has 1 nitrogen and oxygen atoms in total. The van der Waals surface area contributed by atoms with Gasteiger partial charge >= 0.3 is 0 Å². The minimum Gasteiger partial charge on any atom is -0.325 e. The molecule has 2 rings (SSSR count). The van der Waals surface area contributed by atoms with E-state index >= 15 is 0 Å². The maximum absolute atomic E-state index is 13.2. The van der Waals surface area contributed by atoms with Gasteiger partial charge in [0.25, 0.3) is 0 Å². The van der Waals surface area contributed by atoms with Gasteiger partial charge in [-0.25, -0.2) is 4.39 Å². The topological polar surface area (TPSA) is 26.0 Å². The van der Waals surface area contributed by atoms with Crippen LogP contribution in [0.4, 0.5) is 4.39 Å². The molecule has 1 aliphatic carbocycles. The van der Waals surface area contributed by atoms with Crippen LogP contribution in [-0.4, -0.2) is 5.54 Å². The molecule has 18 heavy (non-hydrogen) atoms. The molecule has 0 bridgehead atoms. The van der Waals surface area contributed by atoms with E-state index in [1.807, 2.05) is 12.1 Å². The van der Waals surface area contributed by atoms with E-state index in [0.29, 0.717) is 10.4 Å². The third-order valence-electron chi connectivity index (χ3n) is 4.34. The Morgan fingerprint density at radius 3 is 2.72 bits per heavy atom. The SMILES string of the molecule is CC1CCC(N)(Cc2ccc(F)c(Br)c2)CC1C. The van der Waals surface area contributed by atoms with Gasteiger partial charge in [-0.3, -0.25) is 0 Å². The van der Waals surface area contributed by atoms with E-state index in [1.165, 1.54) is 12.5 Å². The number of benzene rings is 1. The molecule has 0 aromatic heterocycles. The molecule has 0 amide bonds. The van der Waals surface area contributed by atoms with E-state index in [2.05, 4.69) is 29.8 Å². The molecule has 0 spiro atoms. The first-order chi connectivity index (χ1) is 8.39. The molecule has 100 valence electrons. The predicted molar refractivity (Wildman–Crippen MR) is 76.9 cm³/mol. The lowest BCUT2D eigenvalue weighted by Gasteiger charge is -2.40. The molecule has 2 N–H and O–H groups in total. The second kappa shape index (κ2) is 5.30. The van der Waals surface area contributed by atoms with E-state index in [-0.39, 0.29) is 11.4 Å². The van der Waals surface area contributed by atoms with Gasteiger partial charge in [-0.05, 0) is 71.1 Å². The van der Waals surface area contributed by atoms with Crippen LogP contribution in [0.3, 0.4) is 0 Å². The van der Waals surface area contributed by atoms with Gasteiger partial charge in [0, 0.05) is 5.54 Å². The number of hydrogen-bond acceptors (Lipinski definition) is 1. The van der Waals surface area contributed by atoms with Crippen LogP contribution in [0.1, 0.15) is 38.7 Å². The Hall–Kier alpha value is -0.410. The molecule has 0 aliphatic heterocycles. The van der Waals surface area contributed by atoms with E-state index < -0.39 is 0 Å². The van der Waals surface area contributed by atoms with E-state index in [1.54, 1.807) is 0 Å². The summed E-state index contributed by atoms with van der Waals surface area (Å²) in [5.41, 5.74) is 7.52. The highest BCUT2D eigenvalue weighted by Crippen LogP contribution is 2.36. The summed E-state index contributed by atoms with van der Waals surface area (Å²) in [6.45, 7) is 4.59. The summed E-state index contributed by atoms with van der Waals surface area (Å²) in [5.74, 6) is 1.23. The highest BCUT2D eigenvalue weighted by molar-refractivity contribution is 9.10. The predicted octanol–water partition coefficient (Wildman–Crippen LogP) is 4.28. The maximum Gasteiger partial charge on any atom is 0.137 e. The molecule has 1 saturated carbocycles. The molecule has 1 aliphatic rings. The third-order valence-corrected chi connectivity index (χ3v) is 4.95. The largest absolute Gasteiger partial charge is 0.325 e.